The standard InChI is InChI=1S/C15H20ClNO3/c1-4-7-17-14(15(18-2)19-3)13-9-10-8-11(16)5-6-12(10)20-13/h5-6,8-9,14-15,17H,4,7H2,1-3H3. The van der Waals surface area contributed by atoms with Crippen LogP contribution in [0.5, 0.6) is 0 Å². The quantitative estimate of drug-likeness (QED) is 0.791. The molecule has 0 aliphatic heterocycles. The van der Waals surface area contributed by atoms with Crippen molar-refractivity contribution in [1.82, 2.24) is 5.32 Å². The Balaban J connectivity index is 2.33. The molecule has 110 valence electrons. The van der Waals surface area contributed by atoms with Gasteiger partial charge in [-0.25, -0.2) is 0 Å². The second-order valence-electron chi connectivity index (χ2n) is 4.60. The SMILES string of the molecule is CCCNC(c1cc2cc(Cl)ccc2o1)C(OC)OC. The van der Waals surface area contributed by atoms with E-state index in [1.807, 2.05) is 24.3 Å². The summed E-state index contributed by atoms with van der Waals surface area (Å²) in [4.78, 5) is 0. The highest BCUT2D eigenvalue weighted by atomic mass is 35.5. The van der Waals surface area contributed by atoms with E-state index in [0.717, 1.165) is 29.7 Å². The van der Waals surface area contributed by atoms with Gasteiger partial charge in [0.1, 0.15) is 17.4 Å². The zero-order valence-corrected chi connectivity index (χ0v) is 12.7. The molecule has 2 rings (SSSR count). The van der Waals surface area contributed by atoms with Crippen molar-refractivity contribution in [1.29, 1.82) is 0 Å². The van der Waals surface area contributed by atoms with Crippen LogP contribution in [0.15, 0.2) is 28.7 Å². The highest BCUT2D eigenvalue weighted by molar-refractivity contribution is 6.31. The number of fused-ring (bicyclic) bond motifs is 1. The first-order valence-electron chi connectivity index (χ1n) is 6.67. The minimum atomic E-state index is -0.405. The third kappa shape index (κ3) is 3.33. The van der Waals surface area contributed by atoms with E-state index >= 15 is 0 Å². The van der Waals surface area contributed by atoms with E-state index in [9.17, 15) is 0 Å². The van der Waals surface area contributed by atoms with Gasteiger partial charge < -0.3 is 19.2 Å². The minimum Gasteiger partial charge on any atom is -0.459 e. The number of ether oxygens (including phenoxy) is 2. The van der Waals surface area contributed by atoms with Crippen molar-refractivity contribution in [3.63, 3.8) is 0 Å². The van der Waals surface area contributed by atoms with Crippen LogP contribution in [-0.2, 0) is 9.47 Å². The largest absolute Gasteiger partial charge is 0.459 e. The van der Waals surface area contributed by atoms with Crippen LogP contribution in [0, 0.1) is 0 Å². The van der Waals surface area contributed by atoms with Gasteiger partial charge in [0.25, 0.3) is 0 Å². The molecular weight excluding hydrogens is 278 g/mol. The second-order valence-corrected chi connectivity index (χ2v) is 5.04. The van der Waals surface area contributed by atoms with Crippen molar-refractivity contribution >= 4 is 22.6 Å². The van der Waals surface area contributed by atoms with Crippen LogP contribution in [0.4, 0.5) is 0 Å². The van der Waals surface area contributed by atoms with E-state index in [1.165, 1.54) is 0 Å². The summed E-state index contributed by atoms with van der Waals surface area (Å²) in [5.74, 6) is 0.782. The Hall–Kier alpha value is -1.07. The molecule has 1 unspecified atom stereocenters. The molecule has 4 nitrogen and oxygen atoms in total. The first-order chi connectivity index (χ1) is 9.69. The zero-order chi connectivity index (χ0) is 14.5. The molecule has 0 aliphatic carbocycles. The maximum absolute atomic E-state index is 6.00. The van der Waals surface area contributed by atoms with Crippen LogP contribution >= 0.6 is 11.6 Å². The molecule has 0 amide bonds. The molecule has 1 aromatic heterocycles. The van der Waals surface area contributed by atoms with Crippen molar-refractivity contribution in [3.05, 3.63) is 35.0 Å². The molecule has 5 heteroatoms. The van der Waals surface area contributed by atoms with Crippen LogP contribution < -0.4 is 5.32 Å². The Morgan fingerprint density at radius 2 is 2.00 bits per heavy atom. The molecule has 20 heavy (non-hydrogen) atoms. The monoisotopic (exact) mass is 297 g/mol. The smallest absolute Gasteiger partial charge is 0.179 e. The van der Waals surface area contributed by atoms with Gasteiger partial charge in [0.05, 0.1) is 0 Å². The fraction of sp³-hybridized carbons (Fsp3) is 0.467. The maximum atomic E-state index is 6.00. The number of furan rings is 1. The molecule has 0 spiro atoms. The van der Waals surface area contributed by atoms with E-state index < -0.39 is 6.29 Å². The van der Waals surface area contributed by atoms with Crippen molar-refractivity contribution in [2.24, 2.45) is 0 Å². The molecule has 0 aliphatic rings. The second kappa shape index (κ2) is 7.09. The molecule has 1 heterocycles. The number of hydrogen-bond acceptors (Lipinski definition) is 4. The van der Waals surface area contributed by atoms with Gasteiger partial charge in [0.15, 0.2) is 6.29 Å². The average Bonchev–Trinajstić information content (AvgIpc) is 2.86. The summed E-state index contributed by atoms with van der Waals surface area (Å²) in [5.41, 5.74) is 0.804. The van der Waals surface area contributed by atoms with E-state index in [4.69, 9.17) is 25.5 Å². The summed E-state index contributed by atoms with van der Waals surface area (Å²) < 4.78 is 16.6. The molecular formula is C15H20ClNO3. The zero-order valence-electron chi connectivity index (χ0n) is 12.0. The van der Waals surface area contributed by atoms with Crippen molar-refractivity contribution in [3.8, 4) is 0 Å². The lowest BCUT2D eigenvalue weighted by Crippen LogP contribution is -2.34. The number of nitrogens with one attached hydrogen (secondary N) is 1. The third-order valence-electron chi connectivity index (χ3n) is 3.15. The van der Waals surface area contributed by atoms with Gasteiger partial charge in [-0.05, 0) is 37.2 Å². The highest BCUT2D eigenvalue weighted by Crippen LogP contribution is 2.28. The lowest BCUT2D eigenvalue weighted by molar-refractivity contribution is -0.127. The van der Waals surface area contributed by atoms with E-state index in [2.05, 4.69) is 12.2 Å². The Morgan fingerprint density at radius 1 is 1.25 bits per heavy atom. The third-order valence-corrected chi connectivity index (χ3v) is 3.39. The normalized spacial score (nSPS) is 13.2. The van der Waals surface area contributed by atoms with Crippen molar-refractivity contribution < 1.29 is 13.9 Å². The van der Waals surface area contributed by atoms with E-state index in [-0.39, 0.29) is 6.04 Å². The Morgan fingerprint density at radius 3 is 2.65 bits per heavy atom. The highest BCUT2D eigenvalue weighted by Gasteiger charge is 2.25. The van der Waals surface area contributed by atoms with Gasteiger partial charge >= 0.3 is 0 Å². The molecule has 1 aromatic carbocycles. The molecule has 1 N–H and O–H groups in total. The van der Waals surface area contributed by atoms with E-state index in [0.29, 0.717) is 5.02 Å². The first-order valence-corrected chi connectivity index (χ1v) is 7.05. The summed E-state index contributed by atoms with van der Waals surface area (Å²) in [6, 6.07) is 7.38. The number of rotatable bonds is 7. The fourth-order valence-corrected chi connectivity index (χ4v) is 2.37. The van der Waals surface area contributed by atoms with Crippen LogP contribution in [0.25, 0.3) is 11.0 Å². The Labute approximate surface area is 124 Å². The average molecular weight is 298 g/mol. The number of methoxy groups -OCH3 is 2. The molecule has 0 saturated heterocycles. The Bertz CT molecular complexity index is 551. The Kier molecular flexibility index (Phi) is 5.43. The van der Waals surface area contributed by atoms with Crippen LogP contribution in [-0.4, -0.2) is 27.1 Å². The maximum Gasteiger partial charge on any atom is 0.179 e. The number of benzene rings is 1. The lowest BCUT2D eigenvalue weighted by Gasteiger charge is -2.23. The summed E-state index contributed by atoms with van der Waals surface area (Å²) in [6.45, 7) is 2.96. The summed E-state index contributed by atoms with van der Waals surface area (Å²) in [7, 11) is 3.24. The molecule has 0 radical (unpaired) electrons. The van der Waals surface area contributed by atoms with Gasteiger partial charge in [0, 0.05) is 24.6 Å². The predicted octanol–water partition coefficient (Wildman–Crippen LogP) is 3.75. The lowest BCUT2D eigenvalue weighted by atomic mass is 10.2. The van der Waals surface area contributed by atoms with Gasteiger partial charge in [-0.2, -0.15) is 0 Å². The number of halogens is 1. The first kappa shape index (κ1) is 15.3. The predicted molar refractivity (Wildman–Crippen MR) is 80.1 cm³/mol. The van der Waals surface area contributed by atoms with Crippen molar-refractivity contribution in [2.45, 2.75) is 25.7 Å². The van der Waals surface area contributed by atoms with Crippen LogP contribution in [0.1, 0.15) is 25.1 Å². The van der Waals surface area contributed by atoms with Crippen LogP contribution in [0.3, 0.4) is 0 Å². The fourth-order valence-electron chi connectivity index (χ4n) is 2.19. The van der Waals surface area contributed by atoms with Crippen LogP contribution in [0.2, 0.25) is 5.02 Å². The summed E-state index contributed by atoms with van der Waals surface area (Å²) >= 11 is 6.00. The van der Waals surface area contributed by atoms with Gasteiger partial charge in [0.2, 0.25) is 0 Å². The van der Waals surface area contributed by atoms with Crippen molar-refractivity contribution in [2.75, 3.05) is 20.8 Å². The van der Waals surface area contributed by atoms with E-state index in [1.54, 1.807) is 14.2 Å². The molecule has 1 atom stereocenters. The van der Waals surface area contributed by atoms with Gasteiger partial charge in [-0.1, -0.05) is 18.5 Å². The molecule has 0 fully saturated rings. The molecule has 2 aromatic rings. The minimum absolute atomic E-state index is 0.156. The van der Waals surface area contributed by atoms with Gasteiger partial charge in [-0.3, -0.25) is 0 Å². The topological polar surface area (TPSA) is 43.6 Å². The summed E-state index contributed by atoms with van der Waals surface area (Å²) in [5, 5.41) is 5.05. The molecule has 0 saturated carbocycles. The summed E-state index contributed by atoms with van der Waals surface area (Å²) in [6.07, 6.45) is 0.612. The number of hydrogen-bond donors (Lipinski definition) is 1. The molecule has 0 bridgehead atoms. The van der Waals surface area contributed by atoms with Gasteiger partial charge in [-0.15, -0.1) is 0 Å².